The minimum absolute atomic E-state index is 0.658. The molecule has 0 bridgehead atoms. The molecule has 2 rings (SSSR count). The number of nitrogens with two attached hydrogens (primary N) is 1. The largest absolute Gasteiger partial charge is 0.383 e. The third-order valence-corrected chi connectivity index (χ3v) is 2.82. The number of nitrogen functional groups attached to an aromatic ring is 1. The van der Waals surface area contributed by atoms with Gasteiger partial charge in [0, 0.05) is 38.0 Å². The van der Waals surface area contributed by atoms with Gasteiger partial charge in [0.15, 0.2) is 0 Å². The van der Waals surface area contributed by atoms with Crippen LogP contribution in [-0.2, 0) is 18.2 Å². The molecule has 0 fully saturated rings. The van der Waals surface area contributed by atoms with Crippen molar-refractivity contribution in [1.82, 2.24) is 14.8 Å². The molecule has 2 aromatic rings. The monoisotopic (exact) mass is 246 g/mol. The molecule has 2 heterocycles. The van der Waals surface area contributed by atoms with Gasteiger partial charge in [0.2, 0.25) is 0 Å². The molecule has 0 unspecified atom stereocenters. The average Bonchev–Trinajstić information content (AvgIpc) is 2.67. The zero-order valence-corrected chi connectivity index (χ0v) is 10.8. The fraction of sp³-hybridized carbons (Fsp3) is 0.385. The Labute approximate surface area is 107 Å². The normalized spacial score (nSPS) is 10.8. The fourth-order valence-electron chi connectivity index (χ4n) is 1.92. The van der Waals surface area contributed by atoms with Gasteiger partial charge < -0.3 is 10.5 Å². The molecule has 5 nitrogen and oxygen atoms in total. The summed E-state index contributed by atoms with van der Waals surface area (Å²) in [7, 11) is 1.85. The maximum atomic E-state index is 6.08. The second kappa shape index (κ2) is 5.64. The van der Waals surface area contributed by atoms with Crippen LogP contribution in [0.1, 0.15) is 12.6 Å². The minimum Gasteiger partial charge on any atom is -0.383 e. The molecule has 2 aromatic heterocycles. The number of pyridine rings is 1. The number of ether oxygens (including phenoxy) is 1. The van der Waals surface area contributed by atoms with E-state index in [1.54, 1.807) is 17.1 Å². The van der Waals surface area contributed by atoms with Crippen molar-refractivity contribution in [1.29, 1.82) is 0 Å². The molecule has 18 heavy (non-hydrogen) atoms. The van der Waals surface area contributed by atoms with Gasteiger partial charge >= 0.3 is 0 Å². The number of nitrogens with zero attached hydrogens (tertiary/aromatic N) is 3. The van der Waals surface area contributed by atoms with Crippen molar-refractivity contribution in [3.05, 3.63) is 30.2 Å². The topological polar surface area (TPSA) is 66.0 Å². The smallest absolute Gasteiger partial charge is 0.129 e. The molecule has 0 amide bonds. The molecular formula is C13H18N4O. The molecule has 0 aromatic carbocycles. The quantitative estimate of drug-likeness (QED) is 0.814. The maximum absolute atomic E-state index is 6.08. The second-order valence-corrected chi connectivity index (χ2v) is 4.01. The molecule has 0 aliphatic heterocycles. The molecule has 2 N–H and O–H groups in total. The van der Waals surface area contributed by atoms with Gasteiger partial charge in [-0.15, -0.1) is 0 Å². The Balaban J connectivity index is 2.33. The molecule has 0 atom stereocenters. The highest BCUT2D eigenvalue weighted by molar-refractivity contribution is 5.76. The Bertz CT molecular complexity index is 507. The summed E-state index contributed by atoms with van der Waals surface area (Å²) in [5.41, 5.74) is 9.08. The summed E-state index contributed by atoms with van der Waals surface area (Å²) in [5.74, 6) is 0.674. The first kappa shape index (κ1) is 12.6. The summed E-state index contributed by atoms with van der Waals surface area (Å²) in [6.07, 6.45) is 4.28. The van der Waals surface area contributed by atoms with Crippen LogP contribution < -0.4 is 5.73 Å². The van der Waals surface area contributed by atoms with Gasteiger partial charge in [-0.25, -0.2) is 0 Å². The van der Waals surface area contributed by atoms with Crippen LogP contribution in [0.3, 0.4) is 0 Å². The molecule has 0 radical (unpaired) electrons. The summed E-state index contributed by atoms with van der Waals surface area (Å²) in [5, 5.41) is 4.45. The predicted molar refractivity (Wildman–Crippen MR) is 71.0 cm³/mol. The number of hydrogen-bond donors (Lipinski definition) is 1. The van der Waals surface area contributed by atoms with Crippen molar-refractivity contribution >= 4 is 5.82 Å². The molecule has 0 aliphatic carbocycles. The van der Waals surface area contributed by atoms with E-state index in [0.717, 1.165) is 23.2 Å². The van der Waals surface area contributed by atoms with E-state index in [2.05, 4.69) is 10.1 Å². The highest BCUT2D eigenvalue weighted by Crippen LogP contribution is 2.29. The van der Waals surface area contributed by atoms with Crippen LogP contribution in [-0.4, -0.2) is 28.0 Å². The van der Waals surface area contributed by atoms with Gasteiger partial charge in [0.1, 0.15) is 5.82 Å². The minimum atomic E-state index is 0.658. The highest BCUT2D eigenvalue weighted by atomic mass is 16.5. The molecule has 0 saturated heterocycles. The van der Waals surface area contributed by atoms with Gasteiger partial charge in [0.05, 0.1) is 12.3 Å². The van der Waals surface area contributed by atoms with Gasteiger partial charge in [0.25, 0.3) is 0 Å². The first-order valence-corrected chi connectivity index (χ1v) is 6.03. The van der Waals surface area contributed by atoms with Crippen LogP contribution >= 0.6 is 0 Å². The number of rotatable bonds is 5. The van der Waals surface area contributed by atoms with Crippen molar-refractivity contribution in [3.63, 3.8) is 0 Å². The number of hydrogen-bond acceptors (Lipinski definition) is 4. The van der Waals surface area contributed by atoms with Crippen LogP contribution in [0, 0.1) is 0 Å². The Morgan fingerprint density at radius 2 is 2.06 bits per heavy atom. The van der Waals surface area contributed by atoms with E-state index in [1.807, 2.05) is 26.1 Å². The number of anilines is 1. The van der Waals surface area contributed by atoms with Crippen LogP contribution in [0.15, 0.2) is 24.5 Å². The van der Waals surface area contributed by atoms with Crippen molar-refractivity contribution in [2.75, 3.05) is 18.9 Å². The van der Waals surface area contributed by atoms with E-state index in [9.17, 15) is 0 Å². The van der Waals surface area contributed by atoms with E-state index in [1.165, 1.54) is 0 Å². The highest BCUT2D eigenvalue weighted by Gasteiger charge is 2.15. The van der Waals surface area contributed by atoms with E-state index < -0.39 is 0 Å². The van der Waals surface area contributed by atoms with Gasteiger partial charge in [-0.3, -0.25) is 9.67 Å². The zero-order chi connectivity index (χ0) is 13.0. The van der Waals surface area contributed by atoms with Crippen molar-refractivity contribution in [3.8, 4) is 11.1 Å². The second-order valence-electron chi connectivity index (χ2n) is 4.01. The Morgan fingerprint density at radius 3 is 2.72 bits per heavy atom. The molecule has 0 aliphatic rings. The van der Waals surface area contributed by atoms with Gasteiger partial charge in [-0.2, -0.15) is 5.10 Å². The Hall–Kier alpha value is -1.88. The summed E-state index contributed by atoms with van der Waals surface area (Å²) in [6, 6.07) is 3.88. The summed E-state index contributed by atoms with van der Waals surface area (Å²) in [4.78, 5) is 4.02. The van der Waals surface area contributed by atoms with Crippen molar-refractivity contribution < 1.29 is 4.74 Å². The first-order valence-electron chi connectivity index (χ1n) is 6.03. The van der Waals surface area contributed by atoms with Crippen LogP contribution in [0.4, 0.5) is 5.82 Å². The Morgan fingerprint density at radius 1 is 1.33 bits per heavy atom. The van der Waals surface area contributed by atoms with Crippen LogP contribution in [0.2, 0.25) is 0 Å². The lowest BCUT2D eigenvalue weighted by atomic mass is 10.1. The fourth-order valence-corrected chi connectivity index (χ4v) is 1.92. The van der Waals surface area contributed by atoms with Gasteiger partial charge in [-0.1, -0.05) is 0 Å². The molecular weight excluding hydrogens is 228 g/mol. The maximum Gasteiger partial charge on any atom is 0.129 e. The third kappa shape index (κ3) is 2.51. The van der Waals surface area contributed by atoms with E-state index in [4.69, 9.17) is 10.5 Å². The lowest BCUT2D eigenvalue weighted by molar-refractivity contribution is 0.150. The standard InChI is InChI=1S/C13H18N4O/c1-3-18-9-6-11-12(13(14)17(2)16-11)10-4-7-15-8-5-10/h4-5,7-8H,3,6,9,14H2,1-2H3. The average molecular weight is 246 g/mol. The van der Waals surface area contributed by atoms with E-state index >= 15 is 0 Å². The SMILES string of the molecule is CCOCCc1nn(C)c(N)c1-c1ccncc1. The summed E-state index contributed by atoms with van der Waals surface area (Å²) >= 11 is 0. The van der Waals surface area contributed by atoms with Gasteiger partial charge in [-0.05, 0) is 24.6 Å². The summed E-state index contributed by atoms with van der Waals surface area (Å²) in [6.45, 7) is 3.36. The first-order chi connectivity index (χ1) is 8.74. The Kier molecular flexibility index (Phi) is 3.94. The molecule has 96 valence electrons. The third-order valence-electron chi connectivity index (χ3n) is 2.82. The molecule has 0 saturated carbocycles. The lowest BCUT2D eigenvalue weighted by Gasteiger charge is -2.04. The number of aryl methyl sites for hydroxylation is 1. The van der Waals surface area contributed by atoms with Crippen molar-refractivity contribution in [2.24, 2.45) is 7.05 Å². The zero-order valence-electron chi connectivity index (χ0n) is 10.8. The molecule has 5 heteroatoms. The van der Waals surface area contributed by atoms with Crippen molar-refractivity contribution in [2.45, 2.75) is 13.3 Å². The lowest BCUT2D eigenvalue weighted by Crippen LogP contribution is -2.00. The number of aromatic nitrogens is 3. The van der Waals surface area contributed by atoms with Crippen LogP contribution in [0.25, 0.3) is 11.1 Å². The molecule has 0 spiro atoms. The van der Waals surface area contributed by atoms with E-state index in [-0.39, 0.29) is 0 Å². The predicted octanol–water partition coefficient (Wildman–Crippen LogP) is 1.64. The van der Waals surface area contributed by atoms with E-state index in [0.29, 0.717) is 19.0 Å². The van der Waals surface area contributed by atoms with Crippen LogP contribution in [0.5, 0.6) is 0 Å². The summed E-state index contributed by atoms with van der Waals surface area (Å²) < 4.78 is 7.08.